The van der Waals surface area contributed by atoms with E-state index in [0.717, 1.165) is 10.0 Å². The van der Waals surface area contributed by atoms with Gasteiger partial charge in [0, 0.05) is 34.4 Å². The van der Waals surface area contributed by atoms with Gasteiger partial charge in [-0.25, -0.2) is 4.39 Å². The molecule has 1 N–H and O–H groups in total. The molecule has 3 aromatic rings. The van der Waals surface area contributed by atoms with Crippen molar-refractivity contribution in [1.82, 2.24) is 9.88 Å². The number of rotatable bonds is 4. The third-order valence-electron chi connectivity index (χ3n) is 5.09. The van der Waals surface area contributed by atoms with Crippen molar-refractivity contribution in [2.75, 3.05) is 0 Å². The highest BCUT2D eigenvalue weighted by Gasteiger charge is 2.26. The first-order valence-electron chi connectivity index (χ1n) is 9.55. The van der Waals surface area contributed by atoms with Crippen LogP contribution in [0.1, 0.15) is 44.8 Å². The molecule has 1 heterocycles. The molecule has 5 nitrogen and oxygen atoms in total. The van der Waals surface area contributed by atoms with Crippen LogP contribution in [0.3, 0.4) is 0 Å². The summed E-state index contributed by atoms with van der Waals surface area (Å²) in [5, 5.41) is 2.75. The molecule has 0 fully saturated rings. The first-order valence-corrected chi connectivity index (χ1v) is 10.3. The lowest BCUT2D eigenvalue weighted by Crippen LogP contribution is -2.35. The molecule has 1 aromatic heterocycles. The van der Waals surface area contributed by atoms with Gasteiger partial charge >= 0.3 is 0 Å². The predicted octanol–water partition coefficient (Wildman–Crippen LogP) is 4.19. The van der Waals surface area contributed by atoms with Crippen molar-refractivity contribution in [3.05, 3.63) is 97.6 Å². The molecular weight excluding hydrogens is 451 g/mol. The second-order valence-electron chi connectivity index (χ2n) is 7.12. The van der Waals surface area contributed by atoms with E-state index in [-0.39, 0.29) is 17.9 Å². The van der Waals surface area contributed by atoms with Crippen LogP contribution in [0.5, 0.6) is 0 Å². The minimum absolute atomic E-state index is 0.104. The Morgan fingerprint density at radius 1 is 1.07 bits per heavy atom. The van der Waals surface area contributed by atoms with Crippen LogP contribution in [0.25, 0.3) is 5.69 Å². The monoisotopic (exact) mass is 468 g/mol. The maximum Gasteiger partial charge on any atom is 0.268 e. The van der Waals surface area contributed by atoms with Crippen molar-refractivity contribution >= 4 is 27.6 Å². The molecule has 152 valence electrons. The molecule has 0 unspecified atom stereocenters. The molecule has 4 rings (SSSR count). The molecular formula is C23H18BrFN2O3. The van der Waals surface area contributed by atoms with Crippen molar-refractivity contribution in [2.45, 2.75) is 25.8 Å². The lowest BCUT2D eigenvalue weighted by atomic mass is 9.92. The van der Waals surface area contributed by atoms with Gasteiger partial charge in [-0.15, -0.1) is 0 Å². The van der Waals surface area contributed by atoms with E-state index in [0.29, 0.717) is 36.2 Å². The van der Waals surface area contributed by atoms with Crippen molar-refractivity contribution in [2.24, 2.45) is 0 Å². The second-order valence-corrected chi connectivity index (χ2v) is 8.04. The molecule has 1 aliphatic carbocycles. The fourth-order valence-corrected chi connectivity index (χ4v) is 4.09. The zero-order valence-electron chi connectivity index (χ0n) is 16.0. The van der Waals surface area contributed by atoms with Crippen molar-refractivity contribution < 1.29 is 14.0 Å². The number of fused-ring (bicyclic) bond motifs is 1. The Kier molecular flexibility index (Phi) is 5.63. The van der Waals surface area contributed by atoms with E-state index in [1.165, 1.54) is 34.9 Å². The number of hydrogen-bond acceptors (Lipinski definition) is 3. The summed E-state index contributed by atoms with van der Waals surface area (Å²) in [6.45, 7) is 0.235. The van der Waals surface area contributed by atoms with Crippen LogP contribution in [0.2, 0.25) is 0 Å². The Morgan fingerprint density at radius 2 is 1.83 bits per heavy atom. The largest absolute Gasteiger partial charge is 0.348 e. The number of halogens is 2. The molecule has 0 bridgehead atoms. The Morgan fingerprint density at radius 3 is 2.57 bits per heavy atom. The Balaban J connectivity index is 1.76. The summed E-state index contributed by atoms with van der Waals surface area (Å²) in [4.78, 5) is 38.6. The number of Topliss-reactive ketones (excluding diaryl/α,β-unsaturated/α-hetero) is 1. The van der Waals surface area contributed by atoms with Crippen LogP contribution in [0.4, 0.5) is 4.39 Å². The molecule has 2 aromatic carbocycles. The van der Waals surface area contributed by atoms with E-state index in [9.17, 15) is 18.8 Å². The van der Waals surface area contributed by atoms with Crippen molar-refractivity contribution in [3.8, 4) is 5.69 Å². The lowest BCUT2D eigenvalue weighted by molar-refractivity contribution is 0.0949. The van der Waals surface area contributed by atoms with Crippen LogP contribution in [-0.2, 0) is 13.0 Å². The number of hydrogen-bond donors (Lipinski definition) is 1. The minimum atomic E-state index is -0.558. The number of aromatic nitrogens is 1. The Hall–Kier alpha value is -3.06. The number of pyridine rings is 1. The van der Waals surface area contributed by atoms with Crippen LogP contribution in [0, 0.1) is 5.82 Å². The molecule has 0 spiro atoms. The fraction of sp³-hybridized carbons (Fsp3) is 0.174. The van der Waals surface area contributed by atoms with E-state index in [2.05, 4.69) is 21.2 Å². The highest BCUT2D eigenvalue weighted by molar-refractivity contribution is 9.10. The number of nitrogens with zero attached hydrogens (tertiary/aromatic N) is 1. The average molecular weight is 469 g/mol. The molecule has 7 heteroatoms. The van der Waals surface area contributed by atoms with Gasteiger partial charge < -0.3 is 5.32 Å². The molecule has 0 saturated heterocycles. The molecule has 1 amide bonds. The van der Waals surface area contributed by atoms with Gasteiger partial charge in [0.05, 0.1) is 0 Å². The molecule has 30 heavy (non-hydrogen) atoms. The maximum absolute atomic E-state index is 13.4. The van der Waals surface area contributed by atoms with Crippen LogP contribution >= 0.6 is 15.9 Å². The smallest absolute Gasteiger partial charge is 0.268 e. The van der Waals surface area contributed by atoms with Crippen LogP contribution < -0.4 is 10.9 Å². The van der Waals surface area contributed by atoms with E-state index in [1.54, 1.807) is 0 Å². The standard InChI is InChI=1S/C23H18BrFN2O3/c24-15-4-1-3-14(11-15)13-26-22(29)19-12-18-20(5-2-6-21(18)28)27(23(19)30)17-9-7-16(25)8-10-17/h1,3-4,7-12H,2,5-6,13H2,(H,26,29). The lowest BCUT2D eigenvalue weighted by Gasteiger charge is -2.21. The van der Waals surface area contributed by atoms with E-state index >= 15 is 0 Å². The Bertz CT molecular complexity index is 1200. The minimum Gasteiger partial charge on any atom is -0.348 e. The molecule has 0 aliphatic heterocycles. The SMILES string of the molecule is O=C1CCCc2c1cc(C(=O)NCc1cccc(Br)c1)c(=O)n2-c1ccc(F)cc1. The van der Waals surface area contributed by atoms with Gasteiger partial charge in [0.25, 0.3) is 11.5 Å². The normalized spacial score (nSPS) is 13.1. The zero-order chi connectivity index (χ0) is 21.3. The van der Waals surface area contributed by atoms with Gasteiger partial charge in [-0.1, -0.05) is 28.1 Å². The summed E-state index contributed by atoms with van der Waals surface area (Å²) in [7, 11) is 0. The number of ketones is 1. The Labute approximate surface area is 180 Å². The summed E-state index contributed by atoms with van der Waals surface area (Å²) in [6.07, 6.45) is 1.53. The number of carbonyl (C=O) groups excluding carboxylic acids is 2. The highest BCUT2D eigenvalue weighted by Crippen LogP contribution is 2.24. The van der Waals surface area contributed by atoms with Gasteiger partial charge in [0.2, 0.25) is 0 Å². The quantitative estimate of drug-likeness (QED) is 0.624. The third-order valence-corrected chi connectivity index (χ3v) is 5.59. The van der Waals surface area contributed by atoms with Gasteiger partial charge in [0.1, 0.15) is 11.4 Å². The van der Waals surface area contributed by atoms with E-state index in [4.69, 9.17) is 0 Å². The number of carbonyl (C=O) groups is 2. The summed E-state index contributed by atoms with van der Waals surface area (Å²) in [5.74, 6) is -1.09. The summed E-state index contributed by atoms with van der Waals surface area (Å²) >= 11 is 3.38. The number of nitrogens with one attached hydrogen (secondary N) is 1. The predicted molar refractivity (Wildman–Crippen MR) is 115 cm³/mol. The molecule has 0 atom stereocenters. The van der Waals surface area contributed by atoms with Gasteiger partial charge in [-0.3, -0.25) is 19.0 Å². The number of amides is 1. The van der Waals surface area contributed by atoms with Gasteiger partial charge in [-0.05, 0) is 60.9 Å². The summed E-state index contributed by atoms with van der Waals surface area (Å²) in [6, 6.07) is 14.3. The zero-order valence-corrected chi connectivity index (χ0v) is 17.5. The van der Waals surface area contributed by atoms with Gasteiger partial charge in [-0.2, -0.15) is 0 Å². The molecule has 0 saturated carbocycles. The molecule has 0 radical (unpaired) electrons. The van der Waals surface area contributed by atoms with Crippen molar-refractivity contribution in [3.63, 3.8) is 0 Å². The topological polar surface area (TPSA) is 68.2 Å². The first-order chi connectivity index (χ1) is 14.4. The van der Waals surface area contributed by atoms with Crippen LogP contribution in [-0.4, -0.2) is 16.3 Å². The molecule has 1 aliphatic rings. The van der Waals surface area contributed by atoms with Gasteiger partial charge in [0.15, 0.2) is 5.78 Å². The second kappa shape index (κ2) is 8.36. The summed E-state index contributed by atoms with van der Waals surface area (Å²) < 4.78 is 15.6. The third kappa shape index (κ3) is 3.98. The van der Waals surface area contributed by atoms with E-state index in [1.807, 2.05) is 24.3 Å². The van der Waals surface area contributed by atoms with Crippen LogP contribution in [0.15, 0.2) is 63.9 Å². The fourth-order valence-electron chi connectivity index (χ4n) is 3.64. The highest BCUT2D eigenvalue weighted by atomic mass is 79.9. The number of benzene rings is 2. The average Bonchev–Trinajstić information content (AvgIpc) is 2.73. The van der Waals surface area contributed by atoms with Crippen molar-refractivity contribution in [1.29, 1.82) is 0 Å². The first kappa shape index (κ1) is 20.2. The maximum atomic E-state index is 13.4. The van der Waals surface area contributed by atoms with E-state index < -0.39 is 17.3 Å². The summed E-state index contributed by atoms with van der Waals surface area (Å²) in [5.41, 5.74) is 1.59.